The molecule has 1 aliphatic rings. The minimum Gasteiger partial charge on any atom is -0.486 e. The number of fused-ring (bicyclic) bond motifs is 2. The van der Waals surface area contributed by atoms with Gasteiger partial charge in [-0.15, -0.1) is 0 Å². The number of imidazole rings is 1. The molecule has 0 spiro atoms. The number of aryl methyl sites for hydroxylation is 1. The van der Waals surface area contributed by atoms with Crippen LogP contribution < -0.4 is 15.2 Å². The van der Waals surface area contributed by atoms with Gasteiger partial charge in [-0.25, -0.2) is 9.97 Å². The summed E-state index contributed by atoms with van der Waals surface area (Å²) in [4.78, 5) is 8.88. The van der Waals surface area contributed by atoms with Crippen molar-refractivity contribution in [3.05, 3.63) is 36.0 Å². The summed E-state index contributed by atoms with van der Waals surface area (Å²) in [5, 5.41) is 0. The molecule has 0 saturated heterocycles. The number of hydrogen-bond acceptors (Lipinski definition) is 5. The van der Waals surface area contributed by atoms with E-state index in [-0.39, 0.29) is 0 Å². The summed E-state index contributed by atoms with van der Waals surface area (Å²) in [5.41, 5.74) is 9.34. The summed E-state index contributed by atoms with van der Waals surface area (Å²) >= 11 is 0. The molecule has 6 nitrogen and oxygen atoms in total. The minimum absolute atomic E-state index is 0.403. The van der Waals surface area contributed by atoms with E-state index in [4.69, 9.17) is 15.2 Å². The third-order valence-electron chi connectivity index (χ3n) is 3.45. The zero-order valence-corrected chi connectivity index (χ0v) is 11.5. The molecule has 3 aromatic rings. The third-order valence-corrected chi connectivity index (χ3v) is 3.45. The van der Waals surface area contributed by atoms with Crippen LogP contribution in [0.25, 0.3) is 16.9 Å². The number of ether oxygens (including phenoxy) is 2. The Morgan fingerprint density at radius 1 is 1.05 bits per heavy atom. The molecule has 1 aliphatic heterocycles. The zero-order valence-electron chi connectivity index (χ0n) is 11.5. The smallest absolute Gasteiger partial charge is 0.207 e. The van der Waals surface area contributed by atoms with E-state index in [1.54, 1.807) is 0 Å². The van der Waals surface area contributed by atoms with Crippen LogP contribution in [0.15, 0.2) is 30.3 Å². The largest absolute Gasteiger partial charge is 0.486 e. The second-order valence-electron chi connectivity index (χ2n) is 4.93. The van der Waals surface area contributed by atoms with Crippen molar-refractivity contribution in [1.29, 1.82) is 0 Å². The molecule has 6 heteroatoms. The molecule has 0 fully saturated rings. The van der Waals surface area contributed by atoms with Crippen LogP contribution in [0.2, 0.25) is 0 Å². The van der Waals surface area contributed by atoms with Gasteiger partial charge >= 0.3 is 0 Å². The van der Waals surface area contributed by atoms with Gasteiger partial charge in [0.05, 0.1) is 5.69 Å². The van der Waals surface area contributed by atoms with Gasteiger partial charge < -0.3 is 15.2 Å². The van der Waals surface area contributed by atoms with E-state index in [1.165, 1.54) is 0 Å². The Labute approximate surface area is 121 Å². The predicted octanol–water partition coefficient (Wildman–Crippen LogP) is 2.08. The quantitative estimate of drug-likeness (QED) is 0.739. The first kappa shape index (κ1) is 12.0. The number of anilines is 1. The van der Waals surface area contributed by atoms with Crippen LogP contribution in [-0.2, 0) is 0 Å². The monoisotopic (exact) mass is 282 g/mol. The maximum Gasteiger partial charge on any atom is 0.207 e. The van der Waals surface area contributed by atoms with Gasteiger partial charge in [0.2, 0.25) is 5.95 Å². The minimum atomic E-state index is 0.403. The highest BCUT2D eigenvalue weighted by molar-refractivity contribution is 5.77. The van der Waals surface area contributed by atoms with Gasteiger partial charge in [0.25, 0.3) is 0 Å². The zero-order chi connectivity index (χ0) is 14.4. The van der Waals surface area contributed by atoms with E-state index in [9.17, 15) is 0 Å². The number of nitrogens with zero attached hydrogens (tertiary/aromatic N) is 3. The Morgan fingerprint density at radius 3 is 2.71 bits per heavy atom. The van der Waals surface area contributed by atoms with Gasteiger partial charge in [0, 0.05) is 11.8 Å². The lowest BCUT2D eigenvalue weighted by Crippen LogP contribution is -2.15. The number of benzene rings is 1. The summed E-state index contributed by atoms with van der Waals surface area (Å²) < 4.78 is 13.0. The van der Waals surface area contributed by atoms with Crippen molar-refractivity contribution in [3.8, 4) is 17.2 Å². The molecule has 0 amide bonds. The van der Waals surface area contributed by atoms with E-state index in [2.05, 4.69) is 9.97 Å². The Morgan fingerprint density at radius 2 is 1.86 bits per heavy atom. The molecule has 0 aliphatic carbocycles. The number of hydrogen-bond donors (Lipinski definition) is 1. The summed E-state index contributed by atoms with van der Waals surface area (Å²) in [7, 11) is 0. The van der Waals surface area contributed by atoms with Crippen LogP contribution in [-0.4, -0.2) is 27.7 Å². The third kappa shape index (κ3) is 1.87. The van der Waals surface area contributed by atoms with E-state index in [1.807, 2.05) is 41.8 Å². The first-order valence-electron chi connectivity index (χ1n) is 6.74. The fourth-order valence-corrected chi connectivity index (χ4v) is 2.50. The molecule has 4 rings (SSSR count). The molecule has 21 heavy (non-hydrogen) atoms. The summed E-state index contributed by atoms with van der Waals surface area (Å²) in [5.74, 6) is 1.87. The molecule has 3 heterocycles. The molecule has 0 atom stereocenters. The van der Waals surface area contributed by atoms with Crippen molar-refractivity contribution in [3.63, 3.8) is 0 Å². The molecule has 0 saturated carbocycles. The molecule has 0 bridgehead atoms. The highest BCUT2D eigenvalue weighted by Gasteiger charge is 2.16. The van der Waals surface area contributed by atoms with Crippen LogP contribution in [0.4, 0.5) is 5.95 Å². The van der Waals surface area contributed by atoms with E-state index in [0.29, 0.717) is 24.9 Å². The summed E-state index contributed by atoms with van der Waals surface area (Å²) in [6.45, 7) is 3.06. The Kier molecular flexibility index (Phi) is 2.50. The maximum atomic E-state index is 6.05. The average Bonchev–Trinajstić information content (AvgIpc) is 2.82. The van der Waals surface area contributed by atoms with Gasteiger partial charge in [-0.1, -0.05) is 0 Å². The van der Waals surface area contributed by atoms with Crippen molar-refractivity contribution in [2.75, 3.05) is 18.9 Å². The van der Waals surface area contributed by atoms with Gasteiger partial charge in [-0.3, -0.25) is 4.57 Å². The molecule has 2 aromatic heterocycles. The van der Waals surface area contributed by atoms with Crippen LogP contribution in [0.3, 0.4) is 0 Å². The van der Waals surface area contributed by atoms with Crippen molar-refractivity contribution in [1.82, 2.24) is 14.5 Å². The molecular formula is C15H14N4O2. The Hall–Kier alpha value is -2.76. The molecule has 2 N–H and O–H groups in total. The van der Waals surface area contributed by atoms with Crippen LogP contribution in [0.1, 0.15) is 5.69 Å². The van der Waals surface area contributed by atoms with Gasteiger partial charge in [0.1, 0.15) is 18.7 Å². The summed E-state index contributed by atoms with van der Waals surface area (Å²) in [6, 6.07) is 9.54. The Balaban J connectivity index is 1.93. The van der Waals surface area contributed by atoms with Crippen molar-refractivity contribution in [2.45, 2.75) is 6.92 Å². The standard InChI is InChI=1S/C15H14N4O2/c1-9-2-4-11-14(17-9)19(15(16)18-11)10-3-5-12-13(8-10)21-7-6-20-12/h2-5,8H,6-7H2,1H3,(H2,16,18). The number of rotatable bonds is 1. The fourth-order valence-electron chi connectivity index (χ4n) is 2.50. The van der Waals surface area contributed by atoms with Gasteiger partial charge in [0.15, 0.2) is 17.1 Å². The second kappa shape index (κ2) is 4.37. The molecule has 0 unspecified atom stereocenters. The van der Waals surface area contributed by atoms with Crippen molar-refractivity contribution < 1.29 is 9.47 Å². The van der Waals surface area contributed by atoms with E-state index in [0.717, 1.165) is 28.3 Å². The predicted molar refractivity (Wildman–Crippen MR) is 79.0 cm³/mol. The first-order chi connectivity index (χ1) is 10.2. The Bertz CT molecular complexity index is 841. The maximum absolute atomic E-state index is 6.05. The molecule has 1 aromatic carbocycles. The van der Waals surface area contributed by atoms with Gasteiger partial charge in [-0.05, 0) is 31.2 Å². The highest BCUT2D eigenvalue weighted by atomic mass is 16.6. The molecule has 0 radical (unpaired) electrons. The van der Waals surface area contributed by atoms with Crippen molar-refractivity contribution in [2.24, 2.45) is 0 Å². The first-order valence-corrected chi connectivity index (χ1v) is 6.74. The fraction of sp³-hybridized carbons (Fsp3) is 0.200. The SMILES string of the molecule is Cc1ccc2nc(N)n(-c3ccc4c(c3)OCCO4)c2n1. The lowest BCUT2D eigenvalue weighted by atomic mass is 10.2. The van der Waals surface area contributed by atoms with Crippen LogP contribution in [0, 0.1) is 6.92 Å². The number of aromatic nitrogens is 3. The van der Waals surface area contributed by atoms with E-state index >= 15 is 0 Å². The van der Waals surface area contributed by atoms with Crippen molar-refractivity contribution >= 4 is 17.1 Å². The van der Waals surface area contributed by atoms with E-state index < -0.39 is 0 Å². The number of nitrogen functional groups attached to an aromatic ring is 1. The number of pyridine rings is 1. The van der Waals surface area contributed by atoms with Crippen LogP contribution >= 0.6 is 0 Å². The summed E-state index contributed by atoms with van der Waals surface area (Å²) in [6.07, 6.45) is 0. The lowest BCUT2D eigenvalue weighted by molar-refractivity contribution is 0.171. The second-order valence-corrected chi connectivity index (χ2v) is 4.93. The van der Waals surface area contributed by atoms with Crippen LogP contribution in [0.5, 0.6) is 11.5 Å². The average molecular weight is 282 g/mol. The molecular weight excluding hydrogens is 268 g/mol. The highest BCUT2D eigenvalue weighted by Crippen LogP contribution is 2.33. The molecule has 106 valence electrons. The normalized spacial score (nSPS) is 13.6. The topological polar surface area (TPSA) is 75.2 Å². The lowest BCUT2D eigenvalue weighted by Gasteiger charge is -2.19. The number of nitrogens with two attached hydrogens (primary N) is 1. The van der Waals surface area contributed by atoms with Gasteiger partial charge in [-0.2, -0.15) is 0 Å².